The minimum atomic E-state index is -4.92. The number of para-hydroxylation sites is 2. The normalized spacial score (nSPS) is 24.2. The number of amides is 4. The molecule has 3 saturated carbocycles. The van der Waals surface area contributed by atoms with Gasteiger partial charge in [-0.3, -0.25) is 29.0 Å². The minimum Gasteiger partial charge on any atom is -0.481 e. The summed E-state index contributed by atoms with van der Waals surface area (Å²) in [5, 5.41) is 18.9. The molecule has 0 spiro atoms. The number of hydrogen-bond donors (Lipinski definition) is 2. The summed E-state index contributed by atoms with van der Waals surface area (Å²) in [4.78, 5) is 85.8. The lowest BCUT2D eigenvalue weighted by Gasteiger charge is -2.47. The van der Waals surface area contributed by atoms with Crippen molar-refractivity contribution in [2.45, 2.75) is 133 Å². The molecule has 2 aliphatic heterocycles. The lowest BCUT2D eigenvalue weighted by molar-refractivity contribution is -0.206. The first-order chi connectivity index (χ1) is 34.5. The second kappa shape index (κ2) is 20.6. The van der Waals surface area contributed by atoms with Crippen LogP contribution in [0.1, 0.15) is 129 Å². The van der Waals surface area contributed by atoms with Gasteiger partial charge >= 0.3 is 30.3 Å². The number of fused-ring (bicyclic) bond motifs is 4. The molecule has 0 bridgehead atoms. The summed E-state index contributed by atoms with van der Waals surface area (Å²) in [5.74, 6) is -4.66. The Balaban J connectivity index is 0.967. The highest BCUT2D eigenvalue weighted by molar-refractivity contribution is 5.92. The third-order valence-corrected chi connectivity index (χ3v) is 15.2. The molecule has 380 valence electrons. The van der Waals surface area contributed by atoms with Crippen molar-refractivity contribution in [2.75, 3.05) is 16.3 Å². The van der Waals surface area contributed by atoms with Crippen LogP contribution in [0.5, 0.6) is 0 Å². The van der Waals surface area contributed by atoms with Crippen molar-refractivity contribution in [3.63, 3.8) is 0 Å². The van der Waals surface area contributed by atoms with Gasteiger partial charge in [-0.2, -0.15) is 13.2 Å². The zero-order chi connectivity index (χ0) is 51.0. The molecular weight excluding hydrogens is 941 g/mol. The zero-order valence-electron chi connectivity index (χ0n) is 39.6. The number of rotatable bonds is 15. The number of benzene rings is 4. The van der Waals surface area contributed by atoms with E-state index in [2.05, 4.69) is 0 Å². The Morgan fingerprint density at radius 3 is 1.85 bits per heavy atom. The molecule has 8 unspecified atom stereocenters. The fourth-order valence-electron chi connectivity index (χ4n) is 12.2. The molecule has 18 heteroatoms. The number of carbonyl (C=O) groups is 6. The van der Waals surface area contributed by atoms with Crippen LogP contribution in [0.3, 0.4) is 0 Å². The largest absolute Gasteiger partial charge is 0.481 e. The van der Waals surface area contributed by atoms with Gasteiger partial charge in [-0.1, -0.05) is 85.6 Å². The third kappa shape index (κ3) is 9.96. The predicted molar refractivity (Wildman–Crippen MR) is 253 cm³/mol. The summed E-state index contributed by atoms with van der Waals surface area (Å²) in [6.45, 7) is 1.89. The number of alkyl halides is 3. The maximum absolute atomic E-state index is 15.7. The van der Waals surface area contributed by atoms with Crippen LogP contribution in [-0.4, -0.2) is 86.8 Å². The van der Waals surface area contributed by atoms with E-state index in [9.17, 15) is 52.2 Å². The smallest absolute Gasteiger partial charge is 0.429 e. The molecule has 9 atom stereocenters. The van der Waals surface area contributed by atoms with Crippen molar-refractivity contribution < 1.29 is 66.0 Å². The topological polar surface area (TPSA) is 174 Å². The molecular formula is C54H56F4N4O10. The summed E-state index contributed by atoms with van der Waals surface area (Å²) in [6, 6.07) is 22.5. The van der Waals surface area contributed by atoms with E-state index in [0.717, 1.165) is 18.4 Å². The van der Waals surface area contributed by atoms with Crippen LogP contribution in [0.15, 0.2) is 97.1 Å². The maximum atomic E-state index is 15.7. The highest BCUT2D eigenvalue weighted by atomic mass is 19.4. The van der Waals surface area contributed by atoms with Crippen molar-refractivity contribution in [3.8, 4) is 0 Å². The number of nitrogens with zero attached hydrogens (tertiary/aromatic N) is 4. The molecule has 9 rings (SSSR count). The van der Waals surface area contributed by atoms with Crippen LogP contribution in [0.4, 0.5) is 38.5 Å². The maximum Gasteiger partial charge on any atom is 0.429 e. The standard InChI is InChI=1S/C54H56F4N4O10/c1-2-59(45(63)22-24-47(65)66)49-35-14-6-8-18-40(35)60(42-20-10-16-36(42)49)52(69)71-30-31-26-33(28-34(55)27-31)39-29-44(39)62(46(64)23-25-48(67)68)50-37-15-7-9-19-41(37)61(43-21-11-17-38(43)50)53(70)72-51(54(56,57)58)32-12-4-3-5-13-32/h3-9,12-15,18-19,26-28,36,38-39,42-44,49-51H,2,10-11,16-17,20-25,29-30H2,1H3,(H,65,66)(H,67,68)/t36?,38?,39?,42?,43?,44?,49?,50?,51-/m0/s1. The Kier molecular flexibility index (Phi) is 14.3. The van der Waals surface area contributed by atoms with Crippen LogP contribution in [0.2, 0.25) is 0 Å². The first-order valence-corrected chi connectivity index (χ1v) is 24.6. The molecule has 0 aromatic heterocycles. The Bertz CT molecular complexity index is 2720. The van der Waals surface area contributed by atoms with Crippen molar-refractivity contribution >= 4 is 47.3 Å². The van der Waals surface area contributed by atoms with E-state index in [1.165, 1.54) is 41.3 Å². The summed E-state index contributed by atoms with van der Waals surface area (Å²) < 4.78 is 70.5. The molecule has 2 N–H and O–H groups in total. The number of carboxylic acids is 2. The monoisotopic (exact) mass is 996 g/mol. The fourth-order valence-corrected chi connectivity index (χ4v) is 12.2. The zero-order valence-corrected chi connectivity index (χ0v) is 39.6. The SMILES string of the molecule is CCN(C(=O)CCC(=O)O)C1c2ccccc2N(C(=O)OCc2cc(F)cc(C3CC3N(C(=O)CCC(=O)O)C3c4ccccc4N(C(=O)O[C@@H](c4ccccc4)C(F)(F)F)C4CCCC43)c2)C2CCCC12. The van der Waals surface area contributed by atoms with E-state index in [0.29, 0.717) is 61.0 Å². The van der Waals surface area contributed by atoms with Gasteiger partial charge in [-0.05, 0) is 85.5 Å². The average molecular weight is 997 g/mol. The number of hydrogen-bond acceptors (Lipinski definition) is 8. The molecule has 72 heavy (non-hydrogen) atoms. The lowest BCUT2D eigenvalue weighted by Crippen LogP contribution is -2.53. The van der Waals surface area contributed by atoms with Crippen molar-refractivity contribution in [1.82, 2.24) is 9.80 Å². The number of anilines is 2. The van der Waals surface area contributed by atoms with Gasteiger partial charge in [0.2, 0.25) is 17.9 Å². The van der Waals surface area contributed by atoms with Crippen LogP contribution in [0.25, 0.3) is 0 Å². The van der Waals surface area contributed by atoms with E-state index in [-0.39, 0.29) is 61.0 Å². The highest BCUT2D eigenvalue weighted by Crippen LogP contribution is 2.57. The number of ether oxygens (including phenoxy) is 2. The second-order valence-corrected chi connectivity index (χ2v) is 19.4. The van der Waals surface area contributed by atoms with Crippen molar-refractivity contribution in [3.05, 3.63) is 131 Å². The van der Waals surface area contributed by atoms with Gasteiger partial charge in [0.05, 0.1) is 36.3 Å². The summed E-state index contributed by atoms with van der Waals surface area (Å²) in [5.41, 5.74) is 2.70. The predicted octanol–water partition coefficient (Wildman–Crippen LogP) is 10.6. The lowest BCUT2D eigenvalue weighted by atomic mass is 9.81. The molecule has 4 aromatic carbocycles. The second-order valence-electron chi connectivity index (χ2n) is 19.4. The van der Waals surface area contributed by atoms with E-state index in [1.807, 2.05) is 19.1 Å². The minimum absolute atomic E-state index is 0.149. The van der Waals surface area contributed by atoms with E-state index >= 15 is 4.39 Å². The first-order valence-electron chi connectivity index (χ1n) is 24.6. The average Bonchev–Trinajstić information content (AvgIpc) is 3.71. The van der Waals surface area contributed by atoms with Gasteiger partial charge in [-0.25, -0.2) is 14.0 Å². The Morgan fingerprint density at radius 1 is 0.694 bits per heavy atom. The molecule has 0 radical (unpaired) electrons. The number of carboxylic acid groups (broad SMARTS) is 2. The van der Waals surface area contributed by atoms with E-state index in [1.54, 1.807) is 63.2 Å². The summed E-state index contributed by atoms with van der Waals surface area (Å²) in [7, 11) is 0. The Morgan fingerprint density at radius 2 is 1.25 bits per heavy atom. The van der Waals surface area contributed by atoms with E-state index < -0.39 is 84.5 Å². The number of carbonyl (C=O) groups excluding carboxylic acids is 4. The third-order valence-electron chi connectivity index (χ3n) is 15.2. The Labute approximate surface area is 413 Å². The molecule has 3 fully saturated rings. The van der Waals surface area contributed by atoms with Crippen LogP contribution < -0.4 is 9.80 Å². The summed E-state index contributed by atoms with van der Waals surface area (Å²) in [6.07, 6.45) is -6.58. The molecule has 5 aliphatic rings. The number of aliphatic carboxylic acids is 2. The van der Waals surface area contributed by atoms with Gasteiger partial charge in [-0.15, -0.1) is 0 Å². The van der Waals surface area contributed by atoms with Gasteiger partial charge in [0.1, 0.15) is 12.4 Å². The van der Waals surface area contributed by atoms with Crippen molar-refractivity contribution in [1.29, 1.82) is 0 Å². The summed E-state index contributed by atoms with van der Waals surface area (Å²) >= 11 is 0. The van der Waals surface area contributed by atoms with Gasteiger partial charge in [0.15, 0.2) is 0 Å². The number of halogens is 4. The molecule has 2 heterocycles. The van der Waals surface area contributed by atoms with Gasteiger partial charge < -0.3 is 29.5 Å². The molecule has 3 aliphatic carbocycles. The molecule has 4 aromatic rings. The van der Waals surface area contributed by atoms with Crippen LogP contribution in [-0.2, 0) is 35.3 Å². The van der Waals surface area contributed by atoms with Crippen LogP contribution in [0, 0.1) is 17.7 Å². The van der Waals surface area contributed by atoms with Crippen molar-refractivity contribution in [2.24, 2.45) is 11.8 Å². The fraction of sp³-hybridized carbons (Fsp3) is 0.444. The van der Waals surface area contributed by atoms with Gasteiger partial charge in [0.25, 0.3) is 0 Å². The highest BCUT2D eigenvalue weighted by Gasteiger charge is 2.56. The molecule has 4 amide bonds. The quantitative estimate of drug-likeness (QED) is 0.109. The molecule has 0 saturated heterocycles. The first kappa shape index (κ1) is 50.0. The Hall–Kier alpha value is -6.98. The van der Waals surface area contributed by atoms with E-state index in [4.69, 9.17) is 9.47 Å². The molecule has 14 nitrogen and oxygen atoms in total. The van der Waals surface area contributed by atoms with Crippen LogP contribution >= 0.6 is 0 Å². The van der Waals surface area contributed by atoms with Gasteiger partial charge in [0, 0.05) is 60.8 Å².